The molecule has 0 spiro atoms. The standard InChI is InChI=1S/C15H20N2OS/c1-11(8-14-4-3-7-19-14)17(2)10-12-9-13(16)5-6-15(12)18/h3-7,9,11,18H,8,10,16H2,1-2H3. The number of likely N-dealkylation sites (N-methyl/N-ethyl adjacent to an activating group) is 1. The van der Waals surface area contributed by atoms with E-state index in [1.165, 1.54) is 4.88 Å². The summed E-state index contributed by atoms with van der Waals surface area (Å²) >= 11 is 1.78. The van der Waals surface area contributed by atoms with Gasteiger partial charge in [0, 0.05) is 28.7 Å². The largest absolute Gasteiger partial charge is 0.508 e. The molecule has 0 aliphatic heterocycles. The molecule has 102 valence electrons. The Hall–Kier alpha value is -1.52. The van der Waals surface area contributed by atoms with Crippen molar-refractivity contribution in [2.45, 2.75) is 25.9 Å². The van der Waals surface area contributed by atoms with E-state index in [1.54, 1.807) is 23.5 Å². The minimum absolute atomic E-state index is 0.310. The highest BCUT2D eigenvalue weighted by Crippen LogP contribution is 2.22. The van der Waals surface area contributed by atoms with Crippen molar-refractivity contribution in [1.29, 1.82) is 0 Å². The van der Waals surface area contributed by atoms with Gasteiger partial charge in [0.15, 0.2) is 0 Å². The number of nitrogen functional groups attached to an aromatic ring is 1. The van der Waals surface area contributed by atoms with E-state index in [-0.39, 0.29) is 0 Å². The van der Waals surface area contributed by atoms with Crippen LogP contribution in [-0.4, -0.2) is 23.1 Å². The number of phenolic OH excluding ortho intramolecular Hbond substituents is 1. The van der Waals surface area contributed by atoms with E-state index in [0.717, 1.165) is 12.0 Å². The molecular weight excluding hydrogens is 256 g/mol. The van der Waals surface area contributed by atoms with Crippen molar-refractivity contribution in [2.24, 2.45) is 0 Å². The molecule has 1 aromatic carbocycles. The van der Waals surface area contributed by atoms with Crippen molar-refractivity contribution in [3.63, 3.8) is 0 Å². The van der Waals surface area contributed by atoms with Gasteiger partial charge in [0.25, 0.3) is 0 Å². The molecule has 0 saturated carbocycles. The number of benzene rings is 1. The second-order valence-corrected chi connectivity index (χ2v) is 5.97. The number of rotatable bonds is 5. The van der Waals surface area contributed by atoms with Crippen LogP contribution in [0.5, 0.6) is 5.75 Å². The summed E-state index contributed by atoms with van der Waals surface area (Å²) in [6, 6.07) is 9.86. The maximum atomic E-state index is 9.84. The molecule has 2 rings (SSSR count). The maximum Gasteiger partial charge on any atom is 0.120 e. The Morgan fingerprint density at radius 3 is 2.84 bits per heavy atom. The lowest BCUT2D eigenvalue weighted by molar-refractivity contribution is 0.246. The normalized spacial score (nSPS) is 12.8. The molecule has 0 saturated heterocycles. The highest BCUT2D eigenvalue weighted by atomic mass is 32.1. The van der Waals surface area contributed by atoms with Crippen LogP contribution in [0.4, 0.5) is 5.69 Å². The van der Waals surface area contributed by atoms with Crippen molar-refractivity contribution in [1.82, 2.24) is 4.90 Å². The van der Waals surface area contributed by atoms with E-state index in [2.05, 4.69) is 36.4 Å². The molecule has 1 atom stereocenters. The van der Waals surface area contributed by atoms with Crippen LogP contribution in [0.3, 0.4) is 0 Å². The molecule has 0 radical (unpaired) electrons. The summed E-state index contributed by atoms with van der Waals surface area (Å²) in [4.78, 5) is 3.62. The van der Waals surface area contributed by atoms with E-state index in [4.69, 9.17) is 5.73 Å². The first kappa shape index (κ1) is 13.9. The monoisotopic (exact) mass is 276 g/mol. The zero-order valence-electron chi connectivity index (χ0n) is 11.3. The SMILES string of the molecule is CC(Cc1cccs1)N(C)Cc1cc(N)ccc1O. The van der Waals surface area contributed by atoms with E-state index >= 15 is 0 Å². The second-order valence-electron chi connectivity index (χ2n) is 4.94. The smallest absolute Gasteiger partial charge is 0.120 e. The van der Waals surface area contributed by atoms with Crippen LogP contribution >= 0.6 is 11.3 Å². The van der Waals surface area contributed by atoms with Gasteiger partial charge < -0.3 is 10.8 Å². The third-order valence-corrected chi connectivity index (χ3v) is 4.25. The molecule has 0 amide bonds. The van der Waals surface area contributed by atoms with E-state index in [9.17, 15) is 5.11 Å². The summed E-state index contributed by atoms with van der Waals surface area (Å²) in [5.41, 5.74) is 7.32. The summed E-state index contributed by atoms with van der Waals surface area (Å²) in [5, 5.41) is 11.9. The van der Waals surface area contributed by atoms with Gasteiger partial charge in [-0.3, -0.25) is 4.90 Å². The Labute approximate surface area is 118 Å². The number of thiophene rings is 1. The number of anilines is 1. The molecule has 4 heteroatoms. The number of phenols is 1. The van der Waals surface area contributed by atoms with Gasteiger partial charge in [-0.1, -0.05) is 6.07 Å². The Balaban J connectivity index is 1.99. The van der Waals surface area contributed by atoms with Crippen LogP contribution in [0, 0.1) is 0 Å². The van der Waals surface area contributed by atoms with E-state index in [0.29, 0.717) is 24.0 Å². The molecule has 1 unspecified atom stereocenters. The second kappa shape index (κ2) is 6.08. The number of hydrogen-bond donors (Lipinski definition) is 2. The van der Waals surface area contributed by atoms with Gasteiger partial charge in [0.2, 0.25) is 0 Å². The summed E-state index contributed by atoms with van der Waals surface area (Å²) < 4.78 is 0. The van der Waals surface area contributed by atoms with Crippen molar-refractivity contribution in [2.75, 3.05) is 12.8 Å². The third kappa shape index (κ3) is 3.72. The minimum Gasteiger partial charge on any atom is -0.508 e. The molecule has 19 heavy (non-hydrogen) atoms. The van der Waals surface area contributed by atoms with Gasteiger partial charge in [-0.2, -0.15) is 0 Å². The molecule has 0 fully saturated rings. The predicted molar refractivity (Wildman–Crippen MR) is 81.5 cm³/mol. The Bertz CT molecular complexity index is 525. The highest BCUT2D eigenvalue weighted by Gasteiger charge is 2.13. The molecule has 0 bridgehead atoms. The fourth-order valence-corrected chi connectivity index (χ4v) is 2.86. The first-order valence-corrected chi connectivity index (χ1v) is 7.24. The number of aromatic hydroxyl groups is 1. The first-order valence-electron chi connectivity index (χ1n) is 6.36. The number of nitrogens with zero attached hydrogens (tertiary/aromatic N) is 1. The first-order chi connectivity index (χ1) is 9.06. The Morgan fingerprint density at radius 2 is 2.16 bits per heavy atom. The van der Waals surface area contributed by atoms with Crippen molar-refractivity contribution in [3.8, 4) is 5.75 Å². The molecular formula is C15H20N2OS. The van der Waals surface area contributed by atoms with Crippen molar-refractivity contribution < 1.29 is 5.11 Å². The topological polar surface area (TPSA) is 49.5 Å². The zero-order chi connectivity index (χ0) is 13.8. The van der Waals surface area contributed by atoms with Gasteiger partial charge in [-0.15, -0.1) is 11.3 Å². The fraction of sp³-hybridized carbons (Fsp3) is 0.333. The Morgan fingerprint density at radius 1 is 1.37 bits per heavy atom. The van der Waals surface area contributed by atoms with Crippen LogP contribution in [0.1, 0.15) is 17.4 Å². The van der Waals surface area contributed by atoms with Crippen molar-refractivity contribution in [3.05, 3.63) is 46.2 Å². The van der Waals surface area contributed by atoms with E-state index < -0.39 is 0 Å². The minimum atomic E-state index is 0.310. The number of hydrogen-bond acceptors (Lipinski definition) is 4. The van der Waals surface area contributed by atoms with Gasteiger partial charge in [-0.25, -0.2) is 0 Å². The van der Waals surface area contributed by atoms with Gasteiger partial charge in [0.1, 0.15) is 5.75 Å². The average molecular weight is 276 g/mol. The lowest BCUT2D eigenvalue weighted by Gasteiger charge is -2.24. The summed E-state index contributed by atoms with van der Waals surface area (Å²) in [7, 11) is 2.07. The maximum absolute atomic E-state index is 9.84. The molecule has 2 aromatic rings. The molecule has 3 nitrogen and oxygen atoms in total. The summed E-state index contributed by atoms with van der Waals surface area (Å²) in [5.74, 6) is 0.310. The van der Waals surface area contributed by atoms with Gasteiger partial charge in [0.05, 0.1) is 0 Å². The zero-order valence-corrected chi connectivity index (χ0v) is 12.2. The van der Waals surface area contributed by atoms with Crippen LogP contribution in [0.15, 0.2) is 35.7 Å². The summed E-state index contributed by atoms with van der Waals surface area (Å²) in [6.45, 7) is 2.90. The van der Waals surface area contributed by atoms with Crippen LogP contribution in [0.2, 0.25) is 0 Å². The van der Waals surface area contributed by atoms with Gasteiger partial charge in [-0.05, 0) is 50.0 Å². The Kier molecular flexibility index (Phi) is 4.45. The lowest BCUT2D eigenvalue weighted by Crippen LogP contribution is -2.30. The quantitative estimate of drug-likeness (QED) is 0.651. The van der Waals surface area contributed by atoms with Crippen LogP contribution in [-0.2, 0) is 13.0 Å². The lowest BCUT2D eigenvalue weighted by atomic mass is 10.1. The number of nitrogens with two attached hydrogens (primary N) is 1. The van der Waals surface area contributed by atoms with Crippen LogP contribution in [0.25, 0.3) is 0 Å². The molecule has 1 heterocycles. The van der Waals surface area contributed by atoms with Crippen molar-refractivity contribution >= 4 is 17.0 Å². The molecule has 1 aromatic heterocycles. The molecule has 0 aliphatic rings. The van der Waals surface area contributed by atoms with Crippen LogP contribution < -0.4 is 5.73 Å². The fourth-order valence-electron chi connectivity index (χ4n) is 2.03. The van der Waals surface area contributed by atoms with Gasteiger partial charge >= 0.3 is 0 Å². The highest BCUT2D eigenvalue weighted by molar-refractivity contribution is 7.09. The summed E-state index contributed by atoms with van der Waals surface area (Å²) in [6.07, 6.45) is 1.03. The molecule has 3 N–H and O–H groups in total. The average Bonchev–Trinajstić information content (AvgIpc) is 2.86. The molecule has 0 aliphatic carbocycles. The third-order valence-electron chi connectivity index (χ3n) is 3.35. The van der Waals surface area contributed by atoms with E-state index in [1.807, 2.05) is 6.07 Å². The predicted octanol–water partition coefficient (Wildman–Crippen LogP) is 3.10.